The summed E-state index contributed by atoms with van der Waals surface area (Å²) in [6.07, 6.45) is -10.8. The molecule has 0 atom stereocenters. The number of nitrogens with zero attached hydrogens (tertiary/aromatic N) is 1. The molecule has 0 aliphatic rings. The molecule has 0 heterocycles. The van der Waals surface area contributed by atoms with Gasteiger partial charge in [-0.2, -0.15) is 26.3 Å². The molecule has 0 bridgehead atoms. The summed E-state index contributed by atoms with van der Waals surface area (Å²) in [5.74, 6) is -1.50. The minimum atomic E-state index is -5.40. The van der Waals surface area contributed by atoms with Crippen LogP contribution in [0.1, 0.15) is 21.5 Å². The number of nitro benzene ring substituents is 1. The van der Waals surface area contributed by atoms with Gasteiger partial charge in [-0.3, -0.25) is 14.9 Å². The number of benzene rings is 3. The van der Waals surface area contributed by atoms with E-state index in [4.69, 9.17) is 0 Å². The van der Waals surface area contributed by atoms with E-state index in [1.807, 2.05) is 0 Å². The maximum Gasteiger partial charge on any atom is 0.423 e. The Kier molecular flexibility index (Phi) is 5.93. The number of alkyl halides is 6. The molecule has 5 nitrogen and oxygen atoms in total. The van der Waals surface area contributed by atoms with E-state index >= 15 is 0 Å². The molecule has 0 fully saturated rings. The topological polar surface area (TPSA) is 72.2 Å². The van der Waals surface area contributed by atoms with Crippen LogP contribution in [-0.4, -0.2) is 10.8 Å². The largest absolute Gasteiger partial charge is 0.423 e. The SMILES string of the molecule is O=C(Nc1ccccc1)c1cc(C(F)(F)F)c([N+](=O)[O-])c(-c2ccccc2)c1C(F)(F)F. The maximum atomic E-state index is 14.1. The van der Waals surface area contributed by atoms with E-state index in [-0.39, 0.29) is 11.8 Å². The highest BCUT2D eigenvalue weighted by Gasteiger charge is 2.48. The van der Waals surface area contributed by atoms with Crippen molar-refractivity contribution in [2.45, 2.75) is 12.4 Å². The third-order valence-electron chi connectivity index (χ3n) is 4.41. The number of rotatable bonds is 4. The van der Waals surface area contributed by atoms with Crippen LogP contribution in [0.4, 0.5) is 37.7 Å². The summed E-state index contributed by atoms with van der Waals surface area (Å²) in [6, 6.07) is 12.8. The van der Waals surface area contributed by atoms with Gasteiger partial charge in [0.25, 0.3) is 11.6 Å². The zero-order valence-corrected chi connectivity index (χ0v) is 15.8. The smallest absolute Gasteiger partial charge is 0.322 e. The minimum absolute atomic E-state index is 0.0267. The summed E-state index contributed by atoms with van der Waals surface area (Å²) < 4.78 is 83.3. The third kappa shape index (κ3) is 4.56. The summed E-state index contributed by atoms with van der Waals surface area (Å²) in [5, 5.41) is 13.7. The minimum Gasteiger partial charge on any atom is -0.322 e. The molecule has 3 aromatic carbocycles. The molecule has 0 aromatic heterocycles. The molecule has 0 aliphatic heterocycles. The van der Waals surface area contributed by atoms with Gasteiger partial charge in [-0.15, -0.1) is 0 Å². The third-order valence-corrected chi connectivity index (χ3v) is 4.41. The number of nitrogens with one attached hydrogen (secondary N) is 1. The van der Waals surface area contributed by atoms with Gasteiger partial charge in [-0.1, -0.05) is 48.5 Å². The number of amides is 1. The Morgan fingerprint density at radius 3 is 1.84 bits per heavy atom. The van der Waals surface area contributed by atoms with Crippen molar-refractivity contribution in [2.24, 2.45) is 0 Å². The van der Waals surface area contributed by atoms with Gasteiger partial charge < -0.3 is 5.32 Å². The molecule has 3 aromatic rings. The van der Waals surface area contributed by atoms with Gasteiger partial charge >= 0.3 is 12.4 Å². The van der Waals surface area contributed by atoms with E-state index in [1.54, 1.807) is 6.07 Å². The normalized spacial score (nSPS) is 11.8. The summed E-state index contributed by atoms with van der Waals surface area (Å²) >= 11 is 0. The molecule has 1 N–H and O–H groups in total. The number of carbonyl (C=O) groups is 1. The molecular weight excluding hydrogens is 442 g/mol. The Balaban J connectivity index is 2.43. The van der Waals surface area contributed by atoms with Crippen molar-refractivity contribution < 1.29 is 36.1 Å². The summed E-state index contributed by atoms with van der Waals surface area (Å²) in [6.45, 7) is 0. The van der Waals surface area contributed by atoms with Gasteiger partial charge in [0.2, 0.25) is 0 Å². The molecule has 0 unspecified atom stereocenters. The fourth-order valence-electron chi connectivity index (χ4n) is 3.16. The molecule has 166 valence electrons. The van der Waals surface area contributed by atoms with Crippen LogP contribution in [0.5, 0.6) is 0 Å². The highest BCUT2D eigenvalue weighted by atomic mass is 19.4. The fraction of sp³-hybridized carbons (Fsp3) is 0.0952. The van der Waals surface area contributed by atoms with Crippen LogP contribution in [0.25, 0.3) is 11.1 Å². The lowest BCUT2D eigenvalue weighted by molar-refractivity contribution is -0.387. The lowest BCUT2D eigenvalue weighted by Crippen LogP contribution is -2.23. The van der Waals surface area contributed by atoms with Crippen molar-refractivity contribution >= 4 is 17.3 Å². The summed E-state index contributed by atoms with van der Waals surface area (Å²) in [5.41, 5.74) is -8.78. The van der Waals surface area contributed by atoms with Crippen molar-refractivity contribution in [1.29, 1.82) is 0 Å². The van der Waals surface area contributed by atoms with E-state index in [0.717, 1.165) is 12.1 Å². The van der Waals surface area contributed by atoms with Crippen molar-refractivity contribution in [3.8, 4) is 11.1 Å². The molecule has 0 aliphatic carbocycles. The fourth-order valence-corrected chi connectivity index (χ4v) is 3.16. The molecule has 3 rings (SSSR count). The Bertz CT molecular complexity index is 1160. The number of carbonyl (C=O) groups excluding carboxylic acids is 1. The van der Waals surface area contributed by atoms with Gasteiger partial charge in [-0.05, 0) is 23.8 Å². The second kappa shape index (κ2) is 8.33. The monoisotopic (exact) mass is 454 g/mol. The van der Waals surface area contributed by atoms with Crippen LogP contribution in [0.3, 0.4) is 0 Å². The number of hydrogen-bond donors (Lipinski definition) is 1. The van der Waals surface area contributed by atoms with Crippen molar-refractivity contribution in [2.75, 3.05) is 5.32 Å². The number of hydrogen-bond acceptors (Lipinski definition) is 3. The van der Waals surface area contributed by atoms with Crippen LogP contribution >= 0.6 is 0 Å². The van der Waals surface area contributed by atoms with Gasteiger partial charge in [0.05, 0.1) is 21.6 Å². The predicted molar refractivity (Wildman–Crippen MR) is 103 cm³/mol. The van der Waals surface area contributed by atoms with E-state index in [9.17, 15) is 41.3 Å². The quantitative estimate of drug-likeness (QED) is 0.276. The Labute approximate surface area is 176 Å². The second-order valence-corrected chi connectivity index (χ2v) is 6.51. The standard InChI is InChI=1S/C21H12F6N2O3/c22-20(23,24)15-11-14(19(30)28-13-9-5-2-6-10-13)17(21(25,26)27)16(18(15)29(31)32)12-7-3-1-4-8-12/h1-11H,(H,28,30). The molecule has 0 radical (unpaired) electrons. The van der Waals surface area contributed by atoms with Crippen molar-refractivity contribution in [3.05, 3.63) is 93.5 Å². The lowest BCUT2D eigenvalue weighted by Gasteiger charge is -2.20. The average Bonchev–Trinajstić information content (AvgIpc) is 2.72. The zero-order valence-electron chi connectivity index (χ0n) is 15.8. The molecular formula is C21H12F6N2O3. The van der Waals surface area contributed by atoms with Crippen molar-refractivity contribution in [3.63, 3.8) is 0 Å². The van der Waals surface area contributed by atoms with Crippen LogP contribution in [0, 0.1) is 10.1 Å². The Morgan fingerprint density at radius 2 is 1.38 bits per heavy atom. The molecule has 32 heavy (non-hydrogen) atoms. The predicted octanol–water partition coefficient (Wildman–Crippen LogP) is 6.55. The molecule has 0 saturated carbocycles. The van der Waals surface area contributed by atoms with Gasteiger partial charge in [-0.25, -0.2) is 0 Å². The number of para-hydroxylation sites is 1. The van der Waals surface area contributed by atoms with E-state index < -0.39 is 56.7 Å². The molecule has 0 spiro atoms. The van der Waals surface area contributed by atoms with Gasteiger partial charge in [0.1, 0.15) is 5.56 Å². The average molecular weight is 454 g/mol. The van der Waals surface area contributed by atoms with Crippen LogP contribution < -0.4 is 5.32 Å². The van der Waals surface area contributed by atoms with Gasteiger partial charge in [0, 0.05) is 5.69 Å². The maximum absolute atomic E-state index is 14.1. The number of nitro groups is 1. The second-order valence-electron chi connectivity index (χ2n) is 6.51. The van der Waals surface area contributed by atoms with E-state index in [0.29, 0.717) is 0 Å². The van der Waals surface area contributed by atoms with Crippen molar-refractivity contribution in [1.82, 2.24) is 0 Å². The zero-order chi connectivity index (χ0) is 23.7. The van der Waals surface area contributed by atoms with E-state index in [2.05, 4.69) is 5.32 Å². The molecule has 1 amide bonds. The first kappa shape index (κ1) is 22.8. The van der Waals surface area contributed by atoms with Crippen LogP contribution in [0.15, 0.2) is 66.7 Å². The highest BCUT2D eigenvalue weighted by molar-refractivity contribution is 6.07. The highest BCUT2D eigenvalue weighted by Crippen LogP contribution is 2.49. The lowest BCUT2D eigenvalue weighted by atomic mass is 9.89. The van der Waals surface area contributed by atoms with E-state index in [1.165, 1.54) is 42.5 Å². The first-order chi connectivity index (χ1) is 14.9. The number of halogens is 6. The Morgan fingerprint density at radius 1 is 0.844 bits per heavy atom. The van der Waals surface area contributed by atoms with Crippen LogP contribution in [0.2, 0.25) is 0 Å². The first-order valence-corrected chi connectivity index (χ1v) is 8.83. The summed E-state index contributed by atoms with van der Waals surface area (Å²) in [7, 11) is 0. The first-order valence-electron chi connectivity index (χ1n) is 8.83. The molecule has 0 saturated heterocycles. The van der Waals surface area contributed by atoms with Gasteiger partial charge in [0.15, 0.2) is 0 Å². The van der Waals surface area contributed by atoms with Crippen LogP contribution in [-0.2, 0) is 12.4 Å². The summed E-state index contributed by atoms with van der Waals surface area (Å²) in [4.78, 5) is 22.7. The molecule has 11 heteroatoms. The Hall–Kier alpha value is -3.89. The number of anilines is 1.